The highest BCUT2D eigenvalue weighted by atomic mass is 16.2. The van der Waals surface area contributed by atoms with Gasteiger partial charge in [-0.25, -0.2) is 29.9 Å². The van der Waals surface area contributed by atoms with Gasteiger partial charge in [0.2, 0.25) is 5.95 Å². The fourth-order valence-corrected chi connectivity index (χ4v) is 7.37. The second kappa shape index (κ2) is 25.5. The highest BCUT2D eigenvalue weighted by Crippen LogP contribution is 2.27. The van der Waals surface area contributed by atoms with E-state index in [1.54, 1.807) is 31.9 Å². The Hall–Kier alpha value is -8.50. The van der Waals surface area contributed by atoms with E-state index in [-0.39, 0.29) is 64.0 Å². The molecular weight excluding hydrogens is 1010 g/mol. The number of aromatic amines is 1. The molecule has 8 rings (SSSR count). The predicted molar refractivity (Wildman–Crippen MR) is 327 cm³/mol. The number of hydrogen-bond acceptors (Lipinski definition) is 18. The van der Waals surface area contributed by atoms with Gasteiger partial charge in [0.25, 0.3) is 17.4 Å². The number of hydrogen-bond donors (Lipinski definition) is 7. The van der Waals surface area contributed by atoms with Gasteiger partial charge in [0.15, 0.2) is 22.6 Å². The number of nitrogen functional groups attached to an aromatic ring is 2. The molecule has 4 aliphatic heterocycles. The summed E-state index contributed by atoms with van der Waals surface area (Å²) >= 11 is 0. The molecule has 0 saturated carbocycles. The minimum Gasteiger partial charge on any atom is -0.384 e. The molecule has 0 fully saturated rings. The van der Waals surface area contributed by atoms with E-state index in [1.165, 1.54) is 12.4 Å². The van der Waals surface area contributed by atoms with E-state index in [0.29, 0.717) is 63.0 Å². The Morgan fingerprint density at radius 1 is 0.512 bits per heavy atom. The Bertz CT molecular complexity index is 3180. The van der Waals surface area contributed by atoms with Gasteiger partial charge < -0.3 is 62.3 Å². The lowest BCUT2D eigenvalue weighted by molar-refractivity contribution is -0.118. The average Bonchev–Trinajstić information content (AvgIpc) is 3.93. The van der Waals surface area contributed by atoms with Crippen LogP contribution < -0.4 is 39.1 Å². The van der Waals surface area contributed by atoms with Gasteiger partial charge in [0.05, 0.1) is 12.7 Å². The van der Waals surface area contributed by atoms with Crippen LogP contribution in [0.2, 0.25) is 0 Å². The molecule has 0 spiro atoms. The summed E-state index contributed by atoms with van der Waals surface area (Å²) in [6, 6.07) is 0. The van der Waals surface area contributed by atoms with Gasteiger partial charge in [-0.15, -0.1) is 0 Å². The van der Waals surface area contributed by atoms with E-state index in [2.05, 4.69) is 181 Å². The molecule has 8 heterocycles. The fraction of sp³-hybridized carbons (Fsp3) is 0.474. The van der Waals surface area contributed by atoms with Gasteiger partial charge in [-0.3, -0.25) is 19.4 Å². The van der Waals surface area contributed by atoms with E-state index >= 15 is 0 Å². The molecule has 4 aromatic heterocycles. The van der Waals surface area contributed by atoms with Crippen molar-refractivity contribution in [1.82, 2.24) is 69.3 Å². The number of rotatable bonds is 0. The van der Waals surface area contributed by atoms with Crippen LogP contribution in [0.5, 0.6) is 0 Å². The van der Waals surface area contributed by atoms with Crippen molar-refractivity contribution < 1.29 is 9.59 Å². The summed E-state index contributed by atoms with van der Waals surface area (Å²) in [5.74, 6) is 4.12. The molecule has 80 heavy (non-hydrogen) atoms. The molecule has 438 valence electrons. The van der Waals surface area contributed by atoms with Crippen molar-refractivity contribution in [2.45, 2.75) is 179 Å². The maximum absolute atomic E-state index is 11.5. The molecule has 0 aliphatic carbocycles. The number of carbonyl (C=O) groups is 2. The number of amides is 2. The summed E-state index contributed by atoms with van der Waals surface area (Å²) in [5, 5.41) is 5.35. The zero-order valence-corrected chi connectivity index (χ0v) is 50.4. The minimum atomic E-state index is -0.305. The number of carbonyl (C=O) groups excluding carboxylic acids is 2. The zero-order chi connectivity index (χ0) is 60.7. The third kappa shape index (κ3) is 18.3. The van der Waals surface area contributed by atoms with E-state index in [1.807, 2.05) is 75.0 Å². The maximum atomic E-state index is 11.5. The van der Waals surface area contributed by atoms with Gasteiger partial charge in [-0.1, -0.05) is 33.7 Å². The summed E-state index contributed by atoms with van der Waals surface area (Å²) < 4.78 is 3.81. The number of aromatic nitrogens is 8. The number of nitrogens with two attached hydrogens (primary N) is 4. The third-order valence-electron chi connectivity index (χ3n) is 11.5. The van der Waals surface area contributed by atoms with Gasteiger partial charge in [0.1, 0.15) is 46.8 Å². The molecular formula is C57H92N20O3. The van der Waals surface area contributed by atoms with Crippen LogP contribution in [0, 0.1) is 0 Å². The average molecular weight is 1110 g/mol. The van der Waals surface area contributed by atoms with Crippen molar-refractivity contribution in [2.24, 2.45) is 21.5 Å². The quantitative estimate of drug-likeness (QED) is 0.0870. The maximum Gasteiger partial charge on any atom is 0.280 e. The number of aliphatic imine (C=N–C) groups is 2. The Kier molecular flexibility index (Phi) is 21.6. The topological polar surface area (TPSA) is 307 Å². The van der Waals surface area contributed by atoms with Crippen LogP contribution in [-0.4, -0.2) is 104 Å². The van der Waals surface area contributed by atoms with Crippen molar-refractivity contribution in [3.63, 3.8) is 0 Å². The number of imidazole rings is 2. The van der Waals surface area contributed by atoms with Crippen LogP contribution >= 0.6 is 0 Å². The Labute approximate surface area is 473 Å². The van der Waals surface area contributed by atoms with Crippen molar-refractivity contribution in [2.75, 3.05) is 11.5 Å². The van der Waals surface area contributed by atoms with Crippen LogP contribution in [0.25, 0.3) is 22.3 Å². The SMILES string of the molecule is C.C=C1N=C(N)C(C)=CN1C(C)(C)C.C=C1N=C(N)C=CN1C(C)(C)C.C=C1NC(=O)C(C)=CN1C(C)(C)C.C=C1NC(=O)C=CN1C(C)(C)C.CC(C)(C)n1cnc2c(=O)[nH]c(N)nc21.CC(C)(C)n1cnc2c(N)ncnc21. The highest BCUT2D eigenvalue weighted by Gasteiger charge is 2.28. The Morgan fingerprint density at radius 2 is 0.975 bits per heavy atom. The van der Waals surface area contributed by atoms with Gasteiger partial charge >= 0.3 is 0 Å². The lowest BCUT2D eigenvalue weighted by atomic mass is 10.1. The second-order valence-electron chi connectivity index (χ2n) is 24.7. The number of anilines is 2. The van der Waals surface area contributed by atoms with Gasteiger partial charge in [-0.05, 0) is 145 Å². The largest absolute Gasteiger partial charge is 0.384 e. The molecule has 0 saturated heterocycles. The highest BCUT2D eigenvalue weighted by molar-refractivity contribution is 5.97. The first kappa shape index (κ1) is 67.6. The molecule has 0 radical (unpaired) electrons. The van der Waals surface area contributed by atoms with Crippen LogP contribution in [-0.2, 0) is 20.7 Å². The molecule has 11 N–H and O–H groups in total. The zero-order valence-electron chi connectivity index (χ0n) is 50.4. The fourth-order valence-electron chi connectivity index (χ4n) is 7.37. The number of nitrogens with one attached hydrogen (secondary N) is 3. The smallest absolute Gasteiger partial charge is 0.280 e. The molecule has 2 amide bonds. The summed E-state index contributed by atoms with van der Waals surface area (Å²) in [4.78, 5) is 72.5. The van der Waals surface area contributed by atoms with Crippen molar-refractivity contribution in [1.29, 1.82) is 0 Å². The normalized spacial score (nSPS) is 15.8. The molecule has 0 bridgehead atoms. The van der Waals surface area contributed by atoms with Crippen LogP contribution in [0.3, 0.4) is 0 Å². The summed E-state index contributed by atoms with van der Waals surface area (Å²) in [5.41, 5.74) is 25.7. The van der Waals surface area contributed by atoms with Crippen LogP contribution in [0.15, 0.2) is 131 Å². The third-order valence-corrected chi connectivity index (χ3v) is 11.5. The predicted octanol–water partition coefficient (Wildman–Crippen LogP) is 8.33. The summed E-state index contributed by atoms with van der Waals surface area (Å²) in [6.07, 6.45) is 15.6. The van der Waals surface area contributed by atoms with Gasteiger partial charge in [0, 0.05) is 75.3 Å². The standard InChI is InChI=1S/C10H17N3.C10H16N2O.C9H13N5O.C9H13N5.C9H15N3.C9H14N2O.CH4/c1-7-6-13(10(3,4)5)8(2)12-9(7)11;1-7-6-12(10(3,4)5)8(2)11-9(7)13;1-9(2,3)14-4-11-5-6(14)12-8(10)13-7(5)15;1-9(2,3)14-5-13-6-7(10)11-4-12-8(6)14;1-7-11-8(10)5-6-12(7)9(2,3)4;1-7-10-8(12)5-6-11(7)9(2,3)4;/h6H,2H2,1,3-5H3,(H2,11,12);6H,2H2,1,3-5H3,(H,11,13);4H,1-3H3,(H3,10,12,13,15);4-5H,1-3H3,(H2,10,11,12);5-6H,1H2,2-4H3,(H2,10,11);5-6H,1H2,2-4H3,(H,10,12);1H4. The van der Waals surface area contributed by atoms with E-state index in [0.717, 1.165) is 11.2 Å². The first-order valence-corrected chi connectivity index (χ1v) is 25.5. The Morgan fingerprint density at radius 3 is 1.46 bits per heavy atom. The summed E-state index contributed by atoms with van der Waals surface area (Å²) in [6.45, 7) is 56.3. The van der Waals surface area contributed by atoms with Gasteiger partial charge in [-0.2, -0.15) is 4.98 Å². The molecule has 0 aromatic carbocycles. The summed E-state index contributed by atoms with van der Waals surface area (Å²) in [7, 11) is 0. The van der Waals surface area contributed by atoms with Crippen molar-refractivity contribution >= 4 is 57.6 Å². The first-order chi connectivity index (χ1) is 35.9. The number of H-pyrrole nitrogens is 1. The lowest BCUT2D eigenvalue weighted by Gasteiger charge is -2.38. The molecule has 0 atom stereocenters. The molecule has 23 heteroatoms. The van der Waals surface area contributed by atoms with E-state index in [9.17, 15) is 14.4 Å². The van der Waals surface area contributed by atoms with Crippen LogP contribution in [0.4, 0.5) is 11.8 Å². The van der Waals surface area contributed by atoms with E-state index in [4.69, 9.17) is 22.9 Å². The number of amidine groups is 2. The number of fused-ring (bicyclic) bond motifs is 2. The monoisotopic (exact) mass is 1100 g/mol. The molecule has 4 aromatic rings. The van der Waals surface area contributed by atoms with Crippen molar-refractivity contribution in [3.05, 3.63) is 127 Å². The van der Waals surface area contributed by atoms with Crippen LogP contribution in [0.1, 0.15) is 146 Å². The Balaban J connectivity index is 0.000000328. The lowest BCUT2D eigenvalue weighted by Crippen LogP contribution is -2.46. The molecule has 4 aliphatic rings. The molecule has 0 unspecified atom stereocenters. The molecule has 23 nitrogen and oxygen atoms in total. The minimum absolute atomic E-state index is 0. The van der Waals surface area contributed by atoms with Crippen molar-refractivity contribution in [3.8, 4) is 0 Å². The second-order valence-corrected chi connectivity index (χ2v) is 24.7. The first-order valence-electron chi connectivity index (χ1n) is 25.5. The number of nitrogens with zero attached hydrogens (tertiary/aromatic N) is 13. The van der Waals surface area contributed by atoms with E-state index < -0.39 is 0 Å².